The van der Waals surface area contributed by atoms with Crippen molar-refractivity contribution in [2.75, 3.05) is 32.7 Å². The van der Waals surface area contributed by atoms with Crippen LogP contribution < -0.4 is 10.6 Å². The normalized spacial score (nSPS) is 12.9. The van der Waals surface area contributed by atoms with E-state index in [1.165, 1.54) is 6.42 Å². The highest BCUT2D eigenvalue weighted by molar-refractivity contribution is 5.80. The lowest BCUT2D eigenvalue weighted by Gasteiger charge is -2.21. The van der Waals surface area contributed by atoms with Gasteiger partial charge in [-0.1, -0.05) is 25.1 Å². The van der Waals surface area contributed by atoms with Crippen LogP contribution in [-0.2, 0) is 6.42 Å². The topological polar surface area (TPSA) is 91.5 Å². The van der Waals surface area contributed by atoms with Gasteiger partial charge in [-0.25, -0.2) is 0 Å². The lowest BCUT2D eigenvalue weighted by atomic mass is 10.2. The van der Waals surface area contributed by atoms with Crippen molar-refractivity contribution in [2.24, 2.45) is 4.99 Å². The fourth-order valence-electron chi connectivity index (χ4n) is 3.00. The molecule has 0 saturated carbocycles. The van der Waals surface area contributed by atoms with E-state index in [0.29, 0.717) is 36.4 Å². The van der Waals surface area contributed by atoms with Crippen molar-refractivity contribution in [1.29, 1.82) is 0 Å². The molecule has 0 aliphatic rings. The van der Waals surface area contributed by atoms with E-state index in [4.69, 9.17) is 4.52 Å². The predicted octanol–water partition coefficient (Wildman–Crippen LogP) is 2.74. The third-order valence-electron chi connectivity index (χ3n) is 4.69. The number of pyridine rings is 1. The first-order valence-electron chi connectivity index (χ1n) is 10.7. The van der Waals surface area contributed by atoms with Crippen LogP contribution in [-0.4, -0.2) is 64.7 Å². The van der Waals surface area contributed by atoms with Crippen LogP contribution in [0.15, 0.2) is 33.9 Å². The van der Waals surface area contributed by atoms with Crippen molar-refractivity contribution in [2.45, 2.75) is 53.0 Å². The molecular formula is C21H35N7O. The first kappa shape index (κ1) is 22.8. The van der Waals surface area contributed by atoms with E-state index in [1.54, 1.807) is 6.20 Å². The zero-order chi connectivity index (χ0) is 20.9. The molecule has 0 bridgehead atoms. The molecule has 0 radical (unpaired) electrons. The van der Waals surface area contributed by atoms with E-state index < -0.39 is 0 Å². The molecule has 2 aromatic heterocycles. The summed E-state index contributed by atoms with van der Waals surface area (Å²) in [4.78, 5) is 15.7. The van der Waals surface area contributed by atoms with Crippen molar-refractivity contribution in [3.63, 3.8) is 0 Å². The molecule has 1 atom stereocenters. The Balaban J connectivity index is 1.80. The number of hydrogen-bond acceptors (Lipinski definition) is 6. The first-order valence-corrected chi connectivity index (χ1v) is 10.7. The molecule has 0 fully saturated rings. The molecule has 2 N–H and O–H groups in total. The lowest BCUT2D eigenvalue weighted by Crippen LogP contribution is -2.42. The monoisotopic (exact) mass is 401 g/mol. The number of hydrogen-bond donors (Lipinski definition) is 2. The van der Waals surface area contributed by atoms with Crippen molar-refractivity contribution >= 4 is 5.96 Å². The third-order valence-corrected chi connectivity index (χ3v) is 4.69. The minimum absolute atomic E-state index is 0.365. The van der Waals surface area contributed by atoms with Crippen LogP contribution in [0, 0.1) is 0 Å². The van der Waals surface area contributed by atoms with Crippen LogP contribution in [0.3, 0.4) is 0 Å². The van der Waals surface area contributed by atoms with Gasteiger partial charge in [-0.05, 0) is 58.5 Å². The van der Waals surface area contributed by atoms with Gasteiger partial charge in [-0.2, -0.15) is 4.98 Å². The molecule has 0 aliphatic carbocycles. The minimum Gasteiger partial charge on any atom is -0.357 e. The van der Waals surface area contributed by atoms with Crippen LogP contribution >= 0.6 is 0 Å². The Hall–Kier alpha value is -2.48. The number of nitrogens with zero attached hydrogens (tertiary/aromatic N) is 5. The van der Waals surface area contributed by atoms with Gasteiger partial charge in [-0.15, -0.1) is 0 Å². The Bertz CT molecular complexity index is 713. The molecule has 0 saturated heterocycles. The van der Waals surface area contributed by atoms with Gasteiger partial charge < -0.3 is 20.1 Å². The number of aliphatic imine (C=N–C) groups is 1. The predicted molar refractivity (Wildman–Crippen MR) is 117 cm³/mol. The molecular weight excluding hydrogens is 366 g/mol. The number of nitrogens with one attached hydrogen (secondary N) is 2. The molecule has 29 heavy (non-hydrogen) atoms. The summed E-state index contributed by atoms with van der Waals surface area (Å²) in [6, 6.07) is 5.97. The second-order valence-corrected chi connectivity index (χ2v) is 6.96. The van der Waals surface area contributed by atoms with Gasteiger partial charge in [0, 0.05) is 31.7 Å². The van der Waals surface area contributed by atoms with Gasteiger partial charge in [0.1, 0.15) is 5.69 Å². The largest absolute Gasteiger partial charge is 0.357 e. The highest BCUT2D eigenvalue weighted by atomic mass is 16.5. The molecule has 0 aromatic carbocycles. The van der Waals surface area contributed by atoms with Crippen molar-refractivity contribution in [3.8, 4) is 11.6 Å². The maximum atomic E-state index is 5.29. The van der Waals surface area contributed by atoms with Crippen LogP contribution in [0.25, 0.3) is 11.6 Å². The molecule has 0 aliphatic heterocycles. The smallest absolute Gasteiger partial charge is 0.276 e. The summed E-state index contributed by atoms with van der Waals surface area (Å²) in [6.45, 7) is 13.5. The van der Waals surface area contributed by atoms with Crippen molar-refractivity contribution in [3.05, 3.63) is 30.2 Å². The Kier molecular flexibility index (Phi) is 10.1. The molecule has 0 amide bonds. The summed E-state index contributed by atoms with van der Waals surface area (Å²) in [5.41, 5.74) is 0.684. The second kappa shape index (κ2) is 12.9. The third kappa shape index (κ3) is 8.19. The van der Waals surface area contributed by atoms with E-state index in [0.717, 1.165) is 38.6 Å². The molecule has 2 heterocycles. The number of aromatic nitrogens is 3. The molecule has 8 nitrogen and oxygen atoms in total. The lowest BCUT2D eigenvalue weighted by molar-refractivity contribution is 0.292. The van der Waals surface area contributed by atoms with Crippen LogP contribution in [0.4, 0.5) is 0 Å². The van der Waals surface area contributed by atoms with Crippen LogP contribution in [0.5, 0.6) is 0 Å². The van der Waals surface area contributed by atoms with Crippen molar-refractivity contribution < 1.29 is 4.52 Å². The van der Waals surface area contributed by atoms with E-state index >= 15 is 0 Å². The average molecular weight is 402 g/mol. The van der Waals surface area contributed by atoms with E-state index in [-0.39, 0.29) is 0 Å². The highest BCUT2D eigenvalue weighted by Gasteiger charge is 2.10. The average Bonchev–Trinajstić information content (AvgIpc) is 3.21. The molecule has 2 rings (SSSR count). The Morgan fingerprint density at radius 1 is 1.24 bits per heavy atom. The quantitative estimate of drug-likeness (QED) is 0.417. The van der Waals surface area contributed by atoms with Gasteiger partial charge in [0.15, 0.2) is 11.8 Å². The first-order chi connectivity index (χ1) is 14.2. The van der Waals surface area contributed by atoms with Crippen LogP contribution in [0.1, 0.15) is 46.4 Å². The van der Waals surface area contributed by atoms with E-state index in [2.05, 4.69) is 63.3 Å². The summed E-state index contributed by atoms with van der Waals surface area (Å²) >= 11 is 0. The summed E-state index contributed by atoms with van der Waals surface area (Å²) in [7, 11) is 0. The Morgan fingerprint density at radius 3 is 2.76 bits per heavy atom. The zero-order valence-corrected chi connectivity index (χ0v) is 18.2. The molecule has 2 aromatic rings. The zero-order valence-electron chi connectivity index (χ0n) is 18.2. The summed E-state index contributed by atoms with van der Waals surface area (Å²) in [5, 5.41) is 10.8. The van der Waals surface area contributed by atoms with E-state index in [1.807, 2.05) is 18.2 Å². The van der Waals surface area contributed by atoms with Gasteiger partial charge in [-0.3, -0.25) is 9.98 Å². The standard InChI is InChI=1S/C21H35N7O/c1-5-22-21(25-17(4)11-10-16-28(6-2)7-3)24-15-13-19-26-20(29-27-19)18-12-8-9-14-23-18/h8-9,12,14,17H,5-7,10-11,13,15-16H2,1-4H3,(H2,22,24,25). The maximum Gasteiger partial charge on any atom is 0.276 e. The van der Waals surface area contributed by atoms with E-state index in [9.17, 15) is 0 Å². The fourth-order valence-corrected chi connectivity index (χ4v) is 3.00. The molecule has 0 spiro atoms. The van der Waals surface area contributed by atoms with Gasteiger partial charge in [0.05, 0.1) is 0 Å². The number of rotatable bonds is 12. The molecule has 160 valence electrons. The summed E-state index contributed by atoms with van der Waals surface area (Å²) < 4.78 is 5.29. The molecule has 8 heteroatoms. The van der Waals surface area contributed by atoms with Crippen molar-refractivity contribution in [1.82, 2.24) is 30.7 Å². The summed E-state index contributed by atoms with van der Waals surface area (Å²) in [5.74, 6) is 1.91. The fraction of sp³-hybridized carbons (Fsp3) is 0.619. The summed E-state index contributed by atoms with van der Waals surface area (Å²) in [6.07, 6.45) is 4.61. The molecule has 1 unspecified atom stereocenters. The van der Waals surface area contributed by atoms with Gasteiger partial charge >= 0.3 is 0 Å². The second-order valence-electron chi connectivity index (χ2n) is 6.96. The highest BCUT2D eigenvalue weighted by Crippen LogP contribution is 2.13. The Labute approximate surface area is 174 Å². The van der Waals surface area contributed by atoms with Crippen LogP contribution in [0.2, 0.25) is 0 Å². The minimum atomic E-state index is 0.365. The maximum absolute atomic E-state index is 5.29. The Morgan fingerprint density at radius 2 is 2.07 bits per heavy atom. The van der Waals surface area contributed by atoms with Gasteiger partial charge in [0.2, 0.25) is 0 Å². The van der Waals surface area contributed by atoms with Gasteiger partial charge in [0.25, 0.3) is 5.89 Å². The number of guanidine groups is 1. The SMILES string of the molecule is CCNC(=NCCc1noc(-c2ccccn2)n1)NC(C)CCCN(CC)CC.